The summed E-state index contributed by atoms with van der Waals surface area (Å²) >= 11 is 0. The fraction of sp³-hybridized carbons (Fsp3) is 0.593. The lowest BCUT2D eigenvalue weighted by Crippen LogP contribution is -2.47. The lowest BCUT2D eigenvalue weighted by Gasteiger charge is -2.39. The first-order valence-corrected chi connectivity index (χ1v) is 13.5. The number of hydrogen-bond donors (Lipinski definition) is 2. The molecule has 0 bridgehead atoms. The molecule has 0 saturated carbocycles. The van der Waals surface area contributed by atoms with Crippen molar-refractivity contribution in [3.8, 4) is 0 Å². The number of piperidine rings is 1. The molecule has 4 rings (SSSR count). The summed E-state index contributed by atoms with van der Waals surface area (Å²) < 4.78 is 81.2. The number of hydrogen-bond acceptors (Lipinski definition) is 5. The first kappa shape index (κ1) is 30.7. The number of carboxylic acids is 1. The van der Waals surface area contributed by atoms with E-state index in [0.29, 0.717) is 37.7 Å². The third-order valence-electron chi connectivity index (χ3n) is 8.21. The summed E-state index contributed by atoms with van der Waals surface area (Å²) in [6.07, 6.45) is -5.10. The van der Waals surface area contributed by atoms with Crippen LogP contribution in [0.1, 0.15) is 50.2 Å². The highest BCUT2D eigenvalue weighted by Gasteiger charge is 2.43. The molecule has 0 aliphatic carbocycles. The molecule has 3 fully saturated rings. The van der Waals surface area contributed by atoms with E-state index in [9.17, 15) is 35.9 Å². The Morgan fingerprint density at radius 1 is 1.02 bits per heavy atom. The van der Waals surface area contributed by atoms with Crippen molar-refractivity contribution < 1.29 is 41.0 Å². The number of urea groups is 1. The number of anilines is 1. The molecule has 0 radical (unpaired) electrons. The molecule has 0 aromatic heterocycles. The summed E-state index contributed by atoms with van der Waals surface area (Å²) in [5.74, 6) is -1.93. The standard InChI is InChI=1S/C27H33F6N5O3/c1-2-20(26(28,29)30)22(23(39)40)34-35-24(41)38-13-8-25(9-14-38)7-12-36(17-25)16-18-5-6-19(37-10-3-4-11-37)15-21(18)27(31,32)33/h2,5-6,15H,3-4,7-14,16-17H2,1H3,(H,35,41)(H,39,40)/b20-2+,34-22+. The van der Waals surface area contributed by atoms with Crippen molar-refractivity contribution >= 4 is 23.4 Å². The van der Waals surface area contributed by atoms with Crippen molar-refractivity contribution in [2.24, 2.45) is 10.5 Å². The Balaban J connectivity index is 1.36. The highest BCUT2D eigenvalue weighted by molar-refractivity contribution is 6.42. The summed E-state index contributed by atoms with van der Waals surface area (Å²) in [5, 5.41) is 12.4. The van der Waals surface area contributed by atoms with Gasteiger partial charge in [0.2, 0.25) is 0 Å². The number of carbonyl (C=O) groups excluding carboxylic acids is 1. The first-order chi connectivity index (χ1) is 19.2. The molecule has 41 heavy (non-hydrogen) atoms. The predicted molar refractivity (Wildman–Crippen MR) is 139 cm³/mol. The molecule has 3 heterocycles. The Hall–Kier alpha value is -3.29. The molecule has 2 N–H and O–H groups in total. The number of rotatable bonds is 6. The van der Waals surface area contributed by atoms with Crippen LogP contribution in [0.5, 0.6) is 0 Å². The Morgan fingerprint density at radius 2 is 1.66 bits per heavy atom. The van der Waals surface area contributed by atoms with Crippen LogP contribution < -0.4 is 10.3 Å². The molecule has 3 saturated heterocycles. The van der Waals surface area contributed by atoms with Gasteiger partial charge in [-0.05, 0) is 68.7 Å². The largest absolute Gasteiger partial charge is 0.476 e. The van der Waals surface area contributed by atoms with Crippen LogP contribution in [0, 0.1) is 5.41 Å². The van der Waals surface area contributed by atoms with Gasteiger partial charge in [0.15, 0.2) is 5.71 Å². The van der Waals surface area contributed by atoms with Crippen molar-refractivity contribution in [3.05, 3.63) is 41.0 Å². The van der Waals surface area contributed by atoms with E-state index in [4.69, 9.17) is 5.11 Å². The van der Waals surface area contributed by atoms with Gasteiger partial charge in [0, 0.05) is 45.0 Å². The maximum Gasteiger partial charge on any atom is 0.418 e. The molecule has 226 valence electrons. The number of nitrogens with one attached hydrogen (secondary N) is 1. The SMILES string of the molecule is C/C=C(\C(=N/NC(=O)N1CCC2(CCN(Cc3ccc(N4CCCC4)cc3C(F)(F)F)C2)CC1)C(=O)O)C(F)(F)F. The monoisotopic (exact) mass is 589 g/mol. The van der Waals surface area contributed by atoms with Crippen LogP contribution in [0.15, 0.2) is 34.9 Å². The summed E-state index contributed by atoms with van der Waals surface area (Å²) in [4.78, 5) is 29.2. The number of nitrogens with zero attached hydrogens (tertiary/aromatic N) is 4. The smallest absolute Gasteiger partial charge is 0.418 e. The van der Waals surface area contributed by atoms with Crippen molar-refractivity contribution in [1.82, 2.24) is 15.2 Å². The second-order valence-electron chi connectivity index (χ2n) is 10.9. The number of alkyl halides is 6. The van der Waals surface area contributed by atoms with Crippen molar-refractivity contribution in [3.63, 3.8) is 0 Å². The molecule has 14 heteroatoms. The normalized spacial score (nSPS) is 20.7. The van der Waals surface area contributed by atoms with Gasteiger partial charge in [-0.1, -0.05) is 12.1 Å². The van der Waals surface area contributed by atoms with Crippen molar-refractivity contribution in [1.29, 1.82) is 0 Å². The molecule has 2 amide bonds. The maximum absolute atomic E-state index is 14.0. The lowest BCUT2D eigenvalue weighted by molar-refractivity contribution is -0.138. The number of amides is 2. The number of carbonyl (C=O) groups is 2. The van der Waals surface area contributed by atoms with Gasteiger partial charge in [-0.2, -0.15) is 31.4 Å². The molecule has 1 spiro atoms. The second-order valence-corrected chi connectivity index (χ2v) is 10.9. The van der Waals surface area contributed by atoms with E-state index in [1.165, 1.54) is 11.0 Å². The quantitative estimate of drug-likeness (QED) is 0.269. The van der Waals surface area contributed by atoms with E-state index in [2.05, 4.69) is 5.10 Å². The van der Waals surface area contributed by atoms with E-state index >= 15 is 0 Å². The maximum atomic E-state index is 14.0. The molecule has 1 aromatic carbocycles. The van der Waals surface area contributed by atoms with Crippen LogP contribution in [-0.2, 0) is 17.5 Å². The number of allylic oxidation sites excluding steroid dienone is 1. The van der Waals surface area contributed by atoms with Gasteiger partial charge >= 0.3 is 24.4 Å². The van der Waals surface area contributed by atoms with Gasteiger partial charge in [0.05, 0.1) is 11.1 Å². The zero-order chi connectivity index (χ0) is 30.0. The highest BCUT2D eigenvalue weighted by atomic mass is 19.4. The molecule has 3 aliphatic rings. The van der Waals surface area contributed by atoms with Crippen molar-refractivity contribution in [2.45, 2.75) is 57.9 Å². The third kappa shape index (κ3) is 7.14. The van der Waals surface area contributed by atoms with Crippen molar-refractivity contribution in [2.75, 3.05) is 44.2 Å². The number of aliphatic carboxylic acids is 1. The second kappa shape index (κ2) is 11.9. The summed E-state index contributed by atoms with van der Waals surface area (Å²) in [5.41, 5.74) is -0.893. The van der Waals surface area contributed by atoms with E-state index in [1.54, 1.807) is 12.1 Å². The molecular weight excluding hydrogens is 556 g/mol. The van der Waals surface area contributed by atoms with Gasteiger partial charge in [-0.25, -0.2) is 15.0 Å². The highest BCUT2D eigenvalue weighted by Crippen LogP contribution is 2.42. The minimum atomic E-state index is -4.96. The molecule has 0 unspecified atom stereocenters. The molecule has 0 atom stereocenters. The predicted octanol–water partition coefficient (Wildman–Crippen LogP) is 5.25. The molecule has 8 nitrogen and oxygen atoms in total. The average Bonchev–Trinajstić information content (AvgIpc) is 3.56. The first-order valence-electron chi connectivity index (χ1n) is 13.5. The van der Waals surface area contributed by atoms with Crippen LogP contribution >= 0.6 is 0 Å². The summed E-state index contributed by atoms with van der Waals surface area (Å²) in [7, 11) is 0. The van der Waals surface area contributed by atoms with E-state index in [0.717, 1.165) is 39.3 Å². The van der Waals surface area contributed by atoms with Crippen LogP contribution in [-0.4, -0.2) is 78.1 Å². The summed E-state index contributed by atoms with van der Waals surface area (Å²) in [6.45, 7) is 4.34. The number of likely N-dealkylation sites (tertiary alicyclic amines) is 2. The molecule has 1 aromatic rings. The third-order valence-corrected chi connectivity index (χ3v) is 8.21. The molecular formula is C27H33F6N5O3. The van der Waals surface area contributed by atoms with Crippen LogP contribution in [0.4, 0.5) is 36.8 Å². The van der Waals surface area contributed by atoms with Crippen LogP contribution in [0.25, 0.3) is 0 Å². The zero-order valence-electron chi connectivity index (χ0n) is 22.6. The van der Waals surface area contributed by atoms with Crippen LogP contribution in [0.2, 0.25) is 0 Å². The summed E-state index contributed by atoms with van der Waals surface area (Å²) in [6, 6.07) is 3.75. The van der Waals surface area contributed by atoms with Gasteiger partial charge in [0.1, 0.15) is 0 Å². The topological polar surface area (TPSA) is 88.5 Å². The van der Waals surface area contributed by atoms with E-state index < -0.39 is 41.2 Å². The number of hydrazone groups is 1. The Bertz CT molecular complexity index is 1200. The van der Waals surface area contributed by atoms with Gasteiger partial charge in [0.25, 0.3) is 0 Å². The Labute approximate surface area is 233 Å². The lowest BCUT2D eigenvalue weighted by atomic mass is 9.78. The Morgan fingerprint density at radius 3 is 2.22 bits per heavy atom. The fourth-order valence-electron chi connectivity index (χ4n) is 5.97. The van der Waals surface area contributed by atoms with Crippen LogP contribution in [0.3, 0.4) is 0 Å². The number of halogens is 6. The minimum absolute atomic E-state index is 0.153. The minimum Gasteiger partial charge on any atom is -0.476 e. The van der Waals surface area contributed by atoms with E-state index in [-0.39, 0.29) is 30.6 Å². The number of carboxylic acid groups (broad SMARTS) is 1. The Kier molecular flexibility index (Phi) is 8.90. The average molecular weight is 590 g/mol. The number of benzene rings is 1. The van der Waals surface area contributed by atoms with Gasteiger partial charge in [-0.3, -0.25) is 4.90 Å². The zero-order valence-corrected chi connectivity index (χ0v) is 22.6. The van der Waals surface area contributed by atoms with Gasteiger partial charge in [-0.15, -0.1) is 0 Å². The van der Waals surface area contributed by atoms with E-state index in [1.807, 2.05) is 15.2 Å². The fourth-order valence-corrected chi connectivity index (χ4v) is 5.97. The van der Waals surface area contributed by atoms with Gasteiger partial charge < -0.3 is 14.9 Å². The molecule has 3 aliphatic heterocycles.